The molecular weight excluding hydrogens is 765 g/mol. The summed E-state index contributed by atoms with van der Waals surface area (Å²) in [5.41, 5.74) is 17.7. The molecule has 296 valence electrons. The molecule has 0 aliphatic rings. The molecule has 10 aromatic carbocycles. The molecule has 0 radical (unpaired) electrons. The van der Waals surface area contributed by atoms with E-state index in [9.17, 15) is 0 Å². The standard InChI is InChI=1S/C60H40N2O/c1-2-17-43(18-3-1)46-19-4-10-27-54(46)61(56-29-12-8-23-50(56)52-25-16-26-53-51-24-9-15-32-59(51)63-60(52)53)45-39-37-42(38-40-45)41-33-35-44(36-34-41)47-20-5-11-28-55(47)62-57-30-13-6-21-48(57)49-22-7-14-31-58(49)62/h1-40H. The minimum absolute atomic E-state index is 0.888. The Morgan fingerprint density at radius 3 is 1.49 bits per heavy atom. The predicted molar refractivity (Wildman–Crippen MR) is 264 cm³/mol. The summed E-state index contributed by atoms with van der Waals surface area (Å²) in [5, 5.41) is 4.75. The summed E-state index contributed by atoms with van der Waals surface area (Å²) in [6.07, 6.45) is 0. The van der Waals surface area contributed by atoms with Crippen LogP contribution in [-0.2, 0) is 0 Å². The van der Waals surface area contributed by atoms with Crippen molar-refractivity contribution in [3.63, 3.8) is 0 Å². The summed E-state index contributed by atoms with van der Waals surface area (Å²) in [5.74, 6) is 0. The van der Waals surface area contributed by atoms with Gasteiger partial charge in [0.25, 0.3) is 0 Å². The maximum atomic E-state index is 6.62. The van der Waals surface area contributed by atoms with Crippen molar-refractivity contribution >= 4 is 60.8 Å². The van der Waals surface area contributed by atoms with E-state index in [2.05, 4.69) is 246 Å². The van der Waals surface area contributed by atoms with Crippen LogP contribution in [0.3, 0.4) is 0 Å². The Balaban J connectivity index is 0.955. The van der Waals surface area contributed by atoms with Gasteiger partial charge in [0, 0.05) is 49.5 Å². The van der Waals surface area contributed by atoms with Crippen molar-refractivity contribution in [2.75, 3.05) is 4.90 Å². The number of aromatic nitrogens is 1. The van der Waals surface area contributed by atoms with Gasteiger partial charge >= 0.3 is 0 Å². The number of nitrogens with zero attached hydrogens (tertiary/aromatic N) is 2. The van der Waals surface area contributed by atoms with Gasteiger partial charge in [-0.2, -0.15) is 0 Å². The van der Waals surface area contributed by atoms with E-state index in [-0.39, 0.29) is 0 Å². The van der Waals surface area contributed by atoms with Gasteiger partial charge in [-0.05, 0) is 70.8 Å². The topological polar surface area (TPSA) is 21.3 Å². The Morgan fingerprint density at radius 1 is 0.302 bits per heavy atom. The van der Waals surface area contributed by atoms with Gasteiger partial charge < -0.3 is 13.9 Å². The van der Waals surface area contributed by atoms with Gasteiger partial charge in [-0.1, -0.05) is 194 Å². The van der Waals surface area contributed by atoms with Crippen molar-refractivity contribution < 1.29 is 4.42 Å². The molecule has 12 rings (SSSR count). The van der Waals surface area contributed by atoms with Gasteiger partial charge in [0.1, 0.15) is 11.2 Å². The van der Waals surface area contributed by atoms with Crippen molar-refractivity contribution in [3.8, 4) is 50.2 Å². The number of hydrogen-bond donors (Lipinski definition) is 0. The van der Waals surface area contributed by atoms with Gasteiger partial charge in [-0.25, -0.2) is 0 Å². The maximum absolute atomic E-state index is 6.62. The van der Waals surface area contributed by atoms with Crippen LogP contribution in [-0.4, -0.2) is 4.57 Å². The lowest BCUT2D eigenvalue weighted by Crippen LogP contribution is -2.12. The third-order valence-electron chi connectivity index (χ3n) is 12.4. The number of fused-ring (bicyclic) bond motifs is 6. The Morgan fingerprint density at radius 2 is 0.778 bits per heavy atom. The fourth-order valence-corrected chi connectivity index (χ4v) is 9.53. The molecular formula is C60H40N2O. The molecule has 3 heteroatoms. The molecule has 63 heavy (non-hydrogen) atoms. The normalized spacial score (nSPS) is 11.5. The first kappa shape index (κ1) is 36.5. The number of hydrogen-bond acceptors (Lipinski definition) is 2. The molecule has 0 N–H and O–H groups in total. The summed E-state index contributed by atoms with van der Waals surface area (Å²) < 4.78 is 9.02. The average molecular weight is 805 g/mol. The molecule has 0 saturated heterocycles. The van der Waals surface area contributed by atoms with Crippen molar-refractivity contribution in [2.45, 2.75) is 0 Å². The highest BCUT2D eigenvalue weighted by molar-refractivity contribution is 6.11. The first-order valence-electron chi connectivity index (χ1n) is 21.5. The van der Waals surface area contributed by atoms with E-state index in [0.29, 0.717) is 0 Å². The number of furan rings is 1. The van der Waals surface area contributed by atoms with Gasteiger partial charge in [-0.15, -0.1) is 0 Å². The molecule has 0 saturated carbocycles. The van der Waals surface area contributed by atoms with Crippen LogP contribution in [0.2, 0.25) is 0 Å². The van der Waals surface area contributed by atoms with E-state index in [1.54, 1.807) is 0 Å². The van der Waals surface area contributed by atoms with Crippen LogP contribution in [0.25, 0.3) is 93.9 Å². The summed E-state index contributed by atoms with van der Waals surface area (Å²) in [6, 6.07) is 87.0. The lowest BCUT2D eigenvalue weighted by molar-refractivity contribution is 0.670. The smallest absolute Gasteiger partial charge is 0.143 e. The highest BCUT2D eigenvalue weighted by Gasteiger charge is 2.23. The van der Waals surface area contributed by atoms with Crippen molar-refractivity contribution in [1.82, 2.24) is 4.57 Å². The molecule has 3 nitrogen and oxygen atoms in total. The van der Waals surface area contributed by atoms with Gasteiger partial charge in [0.15, 0.2) is 0 Å². The number of benzene rings is 10. The fourth-order valence-electron chi connectivity index (χ4n) is 9.53. The predicted octanol–water partition coefficient (Wildman–Crippen LogP) is 16.8. The second-order valence-corrected chi connectivity index (χ2v) is 16.0. The summed E-state index contributed by atoms with van der Waals surface area (Å²) in [6.45, 7) is 0. The first-order valence-corrected chi connectivity index (χ1v) is 21.5. The van der Waals surface area contributed by atoms with E-state index in [1.165, 1.54) is 38.6 Å². The zero-order valence-electron chi connectivity index (χ0n) is 34.4. The number of anilines is 3. The van der Waals surface area contributed by atoms with E-state index >= 15 is 0 Å². The molecule has 0 amide bonds. The van der Waals surface area contributed by atoms with Crippen molar-refractivity contribution in [2.24, 2.45) is 0 Å². The summed E-state index contributed by atoms with van der Waals surface area (Å²) in [4.78, 5) is 2.40. The van der Waals surface area contributed by atoms with Crippen LogP contribution in [0.4, 0.5) is 17.1 Å². The SMILES string of the molecule is c1ccc(-c2ccccc2N(c2ccc(-c3ccc(-c4ccccc4-n4c5ccccc5c5ccccc54)cc3)cc2)c2ccccc2-c2cccc3c2oc2ccccc23)cc1. The third-order valence-corrected chi connectivity index (χ3v) is 12.4. The minimum atomic E-state index is 0.888. The van der Waals surface area contributed by atoms with Crippen molar-refractivity contribution in [3.05, 3.63) is 243 Å². The Labute approximate surface area is 366 Å². The molecule has 0 unspecified atom stereocenters. The lowest BCUT2D eigenvalue weighted by Gasteiger charge is -2.30. The van der Waals surface area contributed by atoms with E-state index in [0.717, 1.165) is 72.4 Å². The number of rotatable bonds is 8. The Kier molecular flexibility index (Phi) is 8.83. The molecule has 2 heterocycles. The quantitative estimate of drug-likeness (QED) is 0.153. The monoisotopic (exact) mass is 804 g/mol. The van der Waals surface area contributed by atoms with Crippen LogP contribution in [0, 0.1) is 0 Å². The highest BCUT2D eigenvalue weighted by atomic mass is 16.3. The van der Waals surface area contributed by atoms with E-state index in [4.69, 9.17) is 4.42 Å². The molecule has 0 fully saturated rings. The molecule has 0 bridgehead atoms. The molecule has 0 spiro atoms. The number of para-hydroxylation sites is 7. The van der Waals surface area contributed by atoms with Gasteiger partial charge in [0.2, 0.25) is 0 Å². The van der Waals surface area contributed by atoms with Crippen LogP contribution in [0.15, 0.2) is 247 Å². The first-order chi connectivity index (χ1) is 31.3. The van der Waals surface area contributed by atoms with E-state index in [1.807, 2.05) is 6.07 Å². The minimum Gasteiger partial charge on any atom is -0.455 e. The lowest BCUT2D eigenvalue weighted by atomic mass is 9.97. The molecule has 2 aromatic heterocycles. The summed E-state index contributed by atoms with van der Waals surface area (Å²) >= 11 is 0. The molecule has 0 aliphatic carbocycles. The zero-order valence-corrected chi connectivity index (χ0v) is 34.4. The third kappa shape index (κ3) is 6.21. The zero-order chi connectivity index (χ0) is 41.7. The van der Waals surface area contributed by atoms with Crippen LogP contribution < -0.4 is 4.90 Å². The second kappa shape index (κ2) is 15.3. The Bertz CT molecular complexity index is 3560. The molecule has 12 aromatic rings. The van der Waals surface area contributed by atoms with Gasteiger partial charge in [0.05, 0.1) is 28.1 Å². The average Bonchev–Trinajstić information content (AvgIpc) is 3.91. The molecule has 0 atom stereocenters. The highest BCUT2D eigenvalue weighted by Crippen LogP contribution is 2.47. The molecule has 0 aliphatic heterocycles. The van der Waals surface area contributed by atoms with Crippen LogP contribution in [0.1, 0.15) is 0 Å². The Hall–Kier alpha value is -8.40. The summed E-state index contributed by atoms with van der Waals surface area (Å²) in [7, 11) is 0. The van der Waals surface area contributed by atoms with E-state index < -0.39 is 0 Å². The maximum Gasteiger partial charge on any atom is 0.143 e. The van der Waals surface area contributed by atoms with Gasteiger partial charge in [-0.3, -0.25) is 0 Å². The largest absolute Gasteiger partial charge is 0.455 e. The van der Waals surface area contributed by atoms with Crippen LogP contribution in [0.5, 0.6) is 0 Å². The fraction of sp³-hybridized carbons (Fsp3) is 0. The van der Waals surface area contributed by atoms with Crippen molar-refractivity contribution in [1.29, 1.82) is 0 Å². The van der Waals surface area contributed by atoms with Crippen LogP contribution >= 0.6 is 0 Å². The second-order valence-electron chi connectivity index (χ2n) is 16.0.